The summed E-state index contributed by atoms with van der Waals surface area (Å²) in [5.74, 6) is 0.967. The van der Waals surface area contributed by atoms with E-state index in [4.69, 9.17) is 4.74 Å². The first kappa shape index (κ1) is 10.4. The summed E-state index contributed by atoms with van der Waals surface area (Å²) in [6, 6.07) is 4.02. The average Bonchev–Trinajstić information content (AvgIpc) is 2.65. The van der Waals surface area contributed by atoms with Gasteiger partial charge in [0, 0.05) is 19.3 Å². The Hall–Kier alpha value is -1.09. The fraction of sp³-hybridized carbons (Fsp3) is 0.583. The minimum absolute atomic E-state index is 0.00996. The molecular weight excluding hydrogens is 188 g/mol. The van der Waals surface area contributed by atoms with Crippen molar-refractivity contribution >= 4 is 5.82 Å². The number of anilines is 1. The molecule has 0 aliphatic carbocycles. The van der Waals surface area contributed by atoms with Gasteiger partial charge in [-0.2, -0.15) is 0 Å². The molecule has 1 aromatic heterocycles. The highest BCUT2D eigenvalue weighted by Crippen LogP contribution is 2.25. The van der Waals surface area contributed by atoms with Crippen LogP contribution >= 0.6 is 0 Å². The van der Waals surface area contributed by atoms with E-state index in [0.29, 0.717) is 0 Å². The molecule has 0 bridgehead atoms. The second kappa shape index (κ2) is 4.19. The van der Waals surface area contributed by atoms with E-state index < -0.39 is 0 Å². The highest BCUT2D eigenvalue weighted by Gasteiger charge is 2.29. The van der Waals surface area contributed by atoms with E-state index in [9.17, 15) is 0 Å². The topological polar surface area (TPSA) is 34.2 Å². The van der Waals surface area contributed by atoms with E-state index in [-0.39, 0.29) is 5.60 Å². The van der Waals surface area contributed by atoms with E-state index in [2.05, 4.69) is 30.2 Å². The van der Waals surface area contributed by atoms with E-state index in [1.807, 2.05) is 12.3 Å². The Kier molecular flexibility index (Phi) is 2.91. The van der Waals surface area contributed by atoms with Crippen LogP contribution in [0.25, 0.3) is 0 Å². The van der Waals surface area contributed by atoms with Crippen LogP contribution < -0.4 is 5.32 Å². The Bertz CT molecular complexity index is 332. The molecule has 15 heavy (non-hydrogen) atoms. The molecule has 1 aliphatic heterocycles. The van der Waals surface area contributed by atoms with Crippen molar-refractivity contribution in [3.8, 4) is 0 Å². The predicted molar refractivity (Wildman–Crippen MR) is 61.1 cm³/mol. The van der Waals surface area contributed by atoms with Crippen LogP contribution in [0.4, 0.5) is 5.82 Å². The Morgan fingerprint density at radius 2 is 2.47 bits per heavy atom. The third-order valence-corrected chi connectivity index (χ3v) is 2.94. The molecule has 2 heterocycles. The zero-order chi connectivity index (χ0) is 10.7. The van der Waals surface area contributed by atoms with Crippen molar-refractivity contribution in [2.45, 2.75) is 32.3 Å². The molecule has 1 aliphatic rings. The van der Waals surface area contributed by atoms with Crippen molar-refractivity contribution in [1.29, 1.82) is 0 Å². The lowest BCUT2D eigenvalue weighted by atomic mass is 10.0. The number of ether oxygens (including phenoxy) is 1. The summed E-state index contributed by atoms with van der Waals surface area (Å²) >= 11 is 0. The lowest BCUT2D eigenvalue weighted by molar-refractivity contribution is 0.0314. The van der Waals surface area contributed by atoms with Crippen LogP contribution in [0.2, 0.25) is 0 Å². The van der Waals surface area contributed by atoms with Gasteiger partial charge in [-0.05, 0) is 38.3 Å². The molecule has 2 rings (SSSR count). The minimum Gasteiger partial charge on any atom is -0.373 e. The zero-order valence-corrected chi connectivity index (χ0v) is 9.42. The number of rotatable bonds is 3. The van der Waals surface area contributed by atoms with Crippen LogP contribution in [-0.2, 0) is 4.74 Å². The van der Waals surface area contributed by atoms with E-state index in [1.165, 1.54) is 12.0 Å². The van der Waals surface area contributed by atoms with Crippen LogP contribution in [0.5, 0.6) is 0 Å². The van der Waals surface area contributed by atoms with Gasteiger partial charge in [-0.1, -0.05) is 6.07 Å². The van der Waals surface area contributed by atoms with Gasteiger partial charge in [0.1, 0.15) is 5.82 Å². The summed E-state index contributed by atoms with van der Waals surface area (Å²) in [4.78, 5) is 4.30. The SMILES string of the molecule is Cc1cccnc1NCC1(C)CCCO1. The van der Waals surface area contributed by atoms with Gasteiger partial charge in [-0.25, -0.2) is 4.98 Å². The first-order valence-electron chi connectivity index (χ1n) is 5.49. The highest BCUT2D eigenvalue weighted by molar-refractivity contribution is 5.42. The van der Waals surface area contributed by atoms with Crippen LogP contribution in [0, 0.1) is 6.92 Å². The van der Waals surface area contributed by atoms with Crippen LogP contribution in [0.1, 0.15) is 25.3 Å². The summed E-state index contributed by atoms with van der Waals surface area (Å²) in [6.45, 7) is 5.95. The number of nitrogens with zero attached hydrogens (tertiary/aromatic N) is 1. The number of nitrogens with one attached hydrogen (secondary N) is 1. The number of aryl methyl sites for hydroxylation is 1. The van der Waals surface area contributed by atoms with Gasteiger partial charge in [0.15, 0.2) is 0 Å². The molecule has 3 heteroatoms. The van der Waals surface area contributed by atoms with Crippen molar-refractivity contribution in [1.82, 2.24) is 4.98 Å². The molecule has 82 valence electrons. The molecule has 1 saturated heterocycles. The third kappa shape index (κ3) is 2.48. The van der Waals surface area contributed by atoms with Gasteiger partial charge >= 0.3 is 0 Å². The van der Waals surface area contributed by atoms with Gasteiger partial charge in [-0.3, -0.25) is 0 Å². The van der Waals surface area contributed by atoms with E-state index in [1.54, 1.807) is 0 Å². The molecule has 0 radical (unpaired) electrons. The van der Waals surface area contributed by atoms with Crippen LogP contribution in [-0.4, -0.2) is 23.7 Å². The number of pyridine rings is 1. The maximum atomic E-state index is 5.71. The lowest BCUT2D eigenvalue weighted by Crippen LogP contribution is -2.32. The molecule has 1 unspecified atom stereocenters. The van der Waals surface area contributed by atoms with Crippen molar-refractivity contribution in [3.05, 3.63) is 23.9 Å². The van der Waals surface area contributed by atoms with Crippen LogP contribution in [0.3, 0.4) is 0 Å². The fourth-order valence-electron chi connectivity index (χ4n) is 1.92. The third-order valence-electron chi connectivity index (χ3n) is 2.94. The molecule has 0 saturated carbocycles. The highest BCUT2D eigenvalue weighted by atomic mass is 16.5. The maximum Gasteiger partial charge on any atom is 0.128 e. The first-order chi connectivity index (χ1) is 7.20. The Morgan fingerprint density at radius 1 is 1.60 bits per heavy atom. The van der Waals surface area contributed by atoms with Gasteiger partial charge in [0.2, 0.25) is 0 Å². The molecule has 1 fully saturated rings. The first-order valence-corrected chi connectivity index (χ1v) is 5.49. The molecule has 3 nitrogen and oxygen atoms in total. The van der Waals surface area contributed by atoms with Crippen molar-refractivity contribution in [2.24, 2.45) is 0 Å². The summed E-state index contributed by atoms with van der Waals surface area (Å²) in [6.07, 6.45) is 4.11. The second-order valence-electron chi connectivity index (χ2n) is 4.42. The molecule has 0 amide bonds. The molecule has 1 atom stereocenters. The predicted octanol–water partition coefficient (Wildman–Crippen LogP) is 2.37. The largest absolute Gasteiger partial charge is 0.373 e. The number of hydrogen-bond acceptors (Lipinski definition) is 3. The number of aromatic nitrogens is 1. The number of hydrogen-bond donors (Lipinski definition) is 1. The Balaban J connectivity index is 1.95. The standard InChI is InChI=1S/C12H18N2O/c1-10-5-3-7-13-11(10)14-9-12(2)6-4-8-15-12/h3,5,7H,4,6,8-9H2,1-2H3,(H,13,14). The Labute approximate surface area is 90.9 Å². The van der Waals surface area contributed by atoms with Crippen molar-refractivity contribution in [2.75, 3.05) is 18.5 Å². The van der Waals surface area contributed by atoms with Crippen molar-refractivity contribution < 1.29 is 4.74 Å². The Morgan fingerprint density at radius 3 is 3.13 bits per heavy atom. The molecule has 1 aromatic rings. The second-order valence-corrected chi connectivity index (χ2v) is 4.42. The summed E-state index contributed by atoms with van der Waals surface area (Å²) in [7, 11) is 0. The van der Waals surface area contributed by atoms with Crippen LogP contribution in [0.15, 0.2) is 18.3 Å². The molecule has 0 spiro atoms. The molecular formula is C12H18N2O. The molecule has 0 aromatic carbocycles. The van der Waals surface area contributed by atoms with Gasteiger partial charge in [0.05, 0.1) is 5.60 Å². The van der Waals surface area contributed by atoms with E-state index >= 15 is 0 Å². The lowest BCUT2D eigenvalue weighted by Gasteiger charge is -2.24. The quantitative estimate of drug-likeness (QED) is 0.824. The van der Waals surface area contributed by atoms with Gasteiger partial charge in [0.25, 0.3) is 0 Å². The summed E-state index contributed by atoms with van der Waals surface area (Å²) in [5, 5.41) is 3.36. The monoisotopic (exact) mass is 206 g/mol. The minimum atomic E-state index is -0.00996. The normalized spacial score (nSPS) is 25.5. The smallest absolute Gasteiger partial charge is 0.128 e. The van der Waals surface area contributed by atoms with Crippen molar-refractivity contribution in [3.63, 3.8) is 0 Å². The summed E-state index contributed by atoms with van der Waals surface area (Å²) < 4.78 is 5.71. The van der Waals surface area contributed by atoms with Gasteiger partial charge in [-0.15, -0.1) is 0 Å². The fourth-order valence-corrected chi connectivity index (χ4v) is 1.92. The van der Waals surface area contributed by atoms with E-state index in [0.717, 1.165) is 25.4 Å². The molecule has 1 N–H and O–H groups in total. The maximum absolute atomic E-state index is 5.71. The zero-order valence-electron chi connectivity index (χ0n) is 9.42. The van der Waals surface area contributed by atoms with Gasteiger partial charge < -0.3 is 10.1 Å². The average molecular weight is 206 g/mol. The summed E-state index contributed by atoms with van der Waals surface area (Å²) in [5.41, 5.74) is 1.17.